The van der Waals surface area contributed by atoms with Crippen LogP contribution >= 0.6 is 0 Å². The zero-order valence-electron chi connectivity index (χ0n) is 13.3. The molecule has 1 amide bonds. The number of aryl methyl sites for hydroxylation is 1. The van der Waals surface area contributed by atoms with Gasteiger partial charge >= 0.3 is 6.09 Å². The Bertz CT molecular complexity index is 543. The van der Waals surface area contributed by atoms with E-state index in [0.29, 0.717) is 24.8 Å². The van der Waals surface area contributed by atoms with Gasteiger partial charge in [0.2, 0.25) is 0 Å². The fourth-order valence-corrected chi connectivity index (χ4v) is 2.20. The van der Waals surface area contributed by atoms with E-state index in [-0.39, 0.29) is 12.0 Å². The SMILES string of the molecule is CCc1noc(C2=CC(C)CN(C(=O)OC(C)(C)C)C2)n1. The van der Waals surface area contributed by atoms with Gasteiger partial charge in [0, 0.05) is 18.5 Å². The zero-order valence-corrected chi connectivity index (χ0v) is 13.3. The van der Waals surface area contributed by atoms with Crippen molar-refractivity contribution in [1.29, 1.82) is 0 Å². The van der Waals surface area contributed by atoms with E-state index < -0.39 is 5.60 Å². The quantitative estimate of drug-likeness (QED) is 0.838. The second kappa shape index (κ2) is 5.87. The van der Waals surface area contributed by atoms with Gasteiger partial charge in [-0.1, -0.05) is 25.1 Å². The lowest BCUT2D eigenvalue weighted by molar-refractivity contribution is 0.0252. The molecule has 0 saturated carbocycles. The molecule has 0 aliphatic carbocycles. The maximum absolute atomic E-state index is 12.2. The molecule has 1 atom stereocenters. The average Bonchev–Trinajstić information content (AvgIpc) is 2.84. The van der Waals surface area contributed by atoms with Crippen molar-refractivity contribution in [2.24, 2.45) is 5.92 Å². The van der Waals surface area contributed by atoms with Crippen molar-refractivity contribution >= 4 is 11.7 Å². The Morgan fingerprint density at radius 2 is 2.24 bits per heavy atom. The molecule has 1 aliphatic rings. The van der Waals surface area contributed by atoms with Crippen molar-refractivity contribution < 1.29 is 14.1 Å². The van der Waals surface area contributed by atoms with Crippen LogP contribution in [0.15, 0.2) is 10.6 Å². The summed E-state index contributed by atoms with van der Waals surface area (Å²) in [5.74, 6) is 1.39. The van der Waals surface area contributed by atoms with Crippen molar-refractivity contribution in [3.05, 3.63) is 17.8 Å². The minimum atomic E-state index is -0.498. The number of nitrogens with zero attached hydrogens (tertiary/aromatic N) is 3. The number of aromatic nitrogens is 2. The van der Waals surface area contributed by atoms with E-state index in [9.17, 15) is 4.79 Å². The number of carbonyl (C=O) groups is 1. The molecule has 1 aliphatic heterocycles. The van der Waals surface area contributed by atoms with Crippen LogP contribution in [0, 0.1) is 5.92 Å². The topological polar surface area (TPSA) is 68.5 Å². The third-order valence-electron chi connectivity index (χ3n) is 3.07. The van der Waals surface area contributed by atoms with Gasteiger partial charge in [-0.3, -0.25) is 0 Å². The largest absolute Gasteiger partial charge is 0.444 e. The van der Waals surface area contributed by atoms with Crippen LogP contribution in [-0.2, 0) is 11.2 Å². The Morgan fingerprint density at radius 1 is 1.52 bits per heavy atom. The Kier molecular flexibility index (Phi) is 4.34. The van der Waals surface area contributed by atoms with E-state index in [1.807, 2.05) is 34.6 Å². The first-order valence-electron chi connectivity index (χ1n) is 7.30. The molecule has 116 valence electrons. The van der Waals surface area contributed by atoms with Gasteiger partial charge in [0.25, 0.3) is 5.89 Å². The normalized spacial score (nSPS) is 19.4. The minimum absolute atomic E-state index is 0.221. The molecule has 0 fully saturated rings. The summed E-state index contributed by atoms with van der Waals surface area (Å²) >= 11 is 0. The highest BCUT2D eigenvalue weighted by Crippen LogP contribution is 2.24. The first kappa shape index (κ1) is 15.5. The summed E-state index contributed by atoms with van der Waals surface area (Å²) in [5, 5.41) is 3.90. The molecule has 2 heterocycles. The fourth-order valence-electron chi connectivity index (χ4n) is 2.20. The van der Waals surface area contributed by atoms with E-state index >= 15 is 0 Å². The highest BCUT2D eigenvalue weighted by Gasteiger charge is 2.28. The molecule has 0 bridgehead atoms. The third-order valence-corrected chi connectivity index (χ3v) is 3.07. The number of hydrogen-bond acceptors (Lipinski definition) is 5. The maximum atomic E-state index is 12.2. The Balaban J connectivity index is 2.12. The molecule has 6 heteroatoms. The standard InChI is InChI=1S/C15H23N3O3/c1-6-12-16-13(21-17-12)11-7-10(2)8-18(9-11)14(19)20-15(3,4)5/h7,10H,6,8-9H2,1-5H3. The molecule has 0 spiro atoms. The fraction of sp³-hybridized carbons (Fsp3) is 0.667. The highest BCUT2D eigenvalue weighted by atomic mass is 16.6. The van der Waals surface area contributed by atoms with Crippen LogP contribution in [0.4, 0.5) is 4.79 Å². The number of rotatable bonds is 2. The number of hydrogen-bond donors (Lipinski definition) is 0. The van der Waals surface area contributed by atoms with Gasteiger partial charge in [-0.25, -0.2) is 4.79 Å². The zero-order chi connectivity index (χ0) is 15.6. The van der Waals surface area contributed by atoms with Gasteiger partial charge in [0.1, 0.15) is 5.60 Å². The summed E-state index contributed by atoms with van der Waals surface area (Å²) in [6, 6.07) is 0. The average molecular weight is 293 g/mol. The lowest BCUT2D eigenvalue weighted by Crippen LogP contribution is -2.41. The summed E-state index contributed by atoms with van der Waals surface area (Å²) in [6.07, 6.45) is 2.49. The van der Waals surface area contributed by atoms with E-state index in [4.69, 9.17) is 9.26 Å². The van der Waals surface area contributed by atoms with Crippen molar-refractivity contribution in [1.82, 2.24) is 15.0 Å². The molecule has 6 nitrogen and oxygen atoms in total. The van der Waals surface area contributed by atoms with Crippen molar-refractivity contribution in [2.45, 2.75) is 46.6 Å². The predicted molar refractivity (Wildman–Crippen MR) is 78.6 cm³/mol. The Hall–Kier alpha value is -1.85. The van der Waals surface area contributed by atoms with Gasteiger partial charge < -0.3 is 14.2 Å². The van der Waals surface area contributed by atoms with Gasteiger partial charge in [-0.15, -0.1) is 0 Å². The van der Waals surface area contributed by atoms with E-state index in [2.05, 4.69) is 16.2 Å². The summed E-state index contributed by atoms with van der Waals surface area (Å²) in [7, 11) is 0. The van der Waals surface area contributed by atoms with E-state index in [1.54, 1.807) is 4.90 Å². The highest BCUT2D eigenvalue weighted by molar-refractivity contribution is 5.73. The summed E-state index contributed by atoms with van der Waals surface area (Å²) in [4.78, 5) is 18.2. The van der Waals surface area contributed by atoms with Crippen molar-refractivity contribution in [3.63, 3.8) is 0 Å². The van der Waals surface area contributed by atoms with Gasteiger partial charge in [0.15, 0.2) is 5.82 Å². The molecule has 21 heavy (non-hydrogen) atoms. The first-order valence-corrected chi connectivity index (χ1v) is 7.30. The van der Waals surface area contributed by atoms with Crippen LogP contribution in [0.5, 0.6) is 0 Å². The summed E-state index contributed by atoms with van der Waals surface area (Å²) in [6.45, 7) is 10.7. The maximum Gasteiger partial charge on any atom is 0.410 e. The minimum Gasteiger partial charge on any atom is -0.444 e. The summed E-state index contributed by atoms with van der Waals surface area (Å²) < 4.78 is 10.7. The number of ether oxygens (including phenoxy) is 1. The molecule has 0 N–H and O–H groups in total. The first-order chi connectivity index (χ1) is 9.78. The van der Waals surface area contributed by atoms with Crippen LogP contribution in [0.1, 0.15) is 46.3 Å². The smallest absolute Gasteiger partial charge is 0.410 e. The monoisotopic (exact) mass is 293 g/mol. The van der Waals surface area contributed by atoms with Crippen LogP contribution in [0.2, 0.25) is 0 Å². The summed E-state index contributed by atoms with van der Waals surface area (Å²) in [5.41, 5.74) is 0.383. The van der Waals surface area contributed by atoms with Crippen LogP contribution < -0.4 is 0 Å². The van der Waals surface area contributed by atoms with E-state index in [0.717, 1.165) is 12.0 Å². The molecule has 0 aromatic carbocycles. The molecular weight excluding hydrogens is 270 g/mol. The van der Waals surface area contributed by atoms with Crippen molar-refractivity contribution in [3.8, 4) is 0 Å². The van der Waals surface area contributed by atoms with E-state index in [1.165, 1.54) is 0 Å². The van der Waals surface area contributed by atoms with Gasteiger partial charge in [-0.2, -0.15) is 4.98 Å². The van der Waals surface area contributed by atoms with Crippen molar-refractivity contribution in [2.75, 3.05) is 13.1 Å². The van der Waals surface area contributed by atoms with Crippen LogP contribution in [-0.4, -0.2) is 39.8 Å². The Labute approximate surface area is 125 Å². The molecule has 1 aromatic heterocycles. The Morgan fingerprint density at radius 3 is 2.81 bits per heavy atom. The third kappa shape index (κ3) is 4.06. The van der Waals surface area contributed by atoms with Gasteiger partial charge in [0.05, 0.1) is 6.54 Å². The second-order valence-corrected chi connectivity index (χ2v) is 6.40. The molecule has 0 saturated heterocycles. The molecule has 1 aromatic rings. The number of carbonyl (C=O) groups excluding carboxylic acids is 1. The number of amides is 1. The van der Waals surface area contributed by atoms with Gasteiger partial charge in [-0.05, 0) is 26.7 Å². The lowest BCUT2D eigenvalue weighted by Gasteiger charge is -2.31. The predicted octanol–water partition coefficient (Wildman–Crippen LogP) is 2.90. The van der Waals surface area contributed by atoms with Crippen LogP contribution in [0.3, 0.4) is 0 Å². The van der Waals surface area contributed by atoms with Crippen LogP contribution in [0.25, 0.3) is 5.57 Å². The molecule has 2 rings (SSSR count). The lowest BCUT2D eigenvalue weighted by atomic mass is 10.0. The molecule has 1 unspecified atom stereocenters. The second-order valence-electron chi connectivity index (χ2n) is 6.40. The molecular formula is C15H23N3O3. The molecule has 0 radical (unpaired) electrons.